The molecule has 0 aliphatic heterocycles. The standard InChI is InChI=1S/C12H15N3O2S/c1-2-17-11(16)8-10(14-15-12(13)18)9-6-4-3-5-7-9/h3-7H,2,8H2,1H3,(H3,13,15,18)/b14-10+. The Hall–Kier alpha value is -1.95. The van der Waals surface area contributed by atoms with Crippen LogP contribution in [0.2, 0.25) is 0 Å². The lowest BCUT2D eigenvalue weighted by Crippen LogP contribution is -2.26. The summed E-state index contributed by atoms with van der Waals surface area (Å²) in [5.41, 5.74) is 9.13. The van der Waals surface area contributed by atoms with Crippen LogP contribution in [0, 0.1) is 0 Å². The fraction of sp³-hybridized carbons (Fsp3) is 0.250. The quantitative estimate of drug-likeness (QED) is 0.362. The summed E-state index contributed by atoms with van der Waals surface area (Å²) < 4.78 is 4.89. The molecule has 1 aromatic rings. The lowest BCUT2D eigenvalue weighted by atomic mass is 10.1. The summed E-state index contributed by atoms with van der Waals surface area (Å²) in [4.78, 5) is 11.5. The Balaban J connectivity index is 2.85. The molecule has 3 N–H and O–H groups in total. The molecule has 0 atom stereocenters. The van der Waals surface area contributed by atoms with E-state index >= 15 is 0 Å². The van der Waals surface area contributed by atoms with Crippen LogP contribution in [0.5, 0.6) is 0 Å². The number of rotatable bonds is 5. The molecule has 18 heavy (non-hydrogen) atoms. The zero-order valence-corrected chi connectivity index (χ0v) is 10.9. The number of nitrogens with zero attached hydrogens (tertiary/aromatic N) is 1. The normalized spacial score (nSPS) is 10.8. The van der Waals surface area contributed by atoms with E-state index in [2.05, 4.69) is 22.7 Å². The molecule has 0 bridgehead atoms. The summed E-state index contributed by atoms with van der Waals surface area (Å²) in [6, 6.07) is 9.29. The molecule has 0 fully saturated rings. The SMILES string of the molecule is CCOC(=O)C/C(=N\NC(N)=S)c1ccccc1. The monoisotopic (exact) mass is 265 g/mol. The number of carbonyl (C=O) groups excluding carboxylic acids is 1. The van der Waals surface area contributed by atoms with E-state index in [1.165, 1.54) is 0 Å². The van der Waals surface area contributed by atoms with Crippen molar-refractivity contribution in [1.29, 1.82) is 0 Å². The fourth-order valence-corrected chi connectivity index (χ4v) is 1.35. The summed E-state index contributed by atoms with van der Waals surface area (Å²) in [7, 11) is 0. The van der Waals surface area contributed by atoms with Crippen LogP contribution >= 0.6 is 12.2 Å². The van der Waals surface area contributed by atoms with Gasteiger partial charge in [0.1, 0.15) is 0 Å². The van der Waals surface area contributed by atoms with Gasteiger partial charge in [-0.15, -0.1) is 0 Å². The molecule has 0 amide bonds. The number of thiocarbonyl (C=S) groups is 1. The van der Waals surface area contributed by atoms with Crippen molar-refractivity contribution in [1.82, 2.24) is 5.43 Å². The van der Waals surface area contributed by atoms with Crippen LogP contribution in [0.1, 0.15) is 18.9 Å². The number of nitrogens with two attached hydrogens (primary N) is 1. The van der Waals surface area contributed by atoms with Gasteiger partial charge in [0.2, 0.25) is 0 Å². The molecule has 1 aromatic carbocycles. The van der Waals surface area contributed by atoms with Crippen LogP contribution in [0.15, 0.2) is 35.4 Å². The van der Waals surface area contributed by atoms with Gasteiger partial charge in [-0.05, 0) is 24.7 Å². The molecule has 96 valence electrons. The van der Waals surface area contributed by atoms with Crippen LogP contribution < -0.4 is 11.2 Å². The third-order valence-electron chi connectivity index (χ3n) is 2.03. The Morgan fingerprint density at radius 3 is 2.67 bits per heavy atom. The van der Waals surface area contributed by atoms with Gasteiger partial charge < -0.3 is 10.5 Å². The van der Waals surface area contributed by atoms with Gasteiger partial charge in [-0.3, -0.25) is 10.2 Å². The maximum absolute atomic E-state index is 11.5. The highest BCUT2D eigenvalue weighted by atomic mass is 32.1. The van der Waals surface area contributed by atoms with E-state index in [1.807, 2.05) is 30.3 Å². The van der Waals surface area contributed by atoms with Crippen LogP contribution in [0.4, 0.5) is 0 Å². The molecular weight excluding hydrogens is 250 g/mol. The van der Waals surface area contributed by atoms with E-state index in [1.54, 1.807) is 6.92 Å². The van der Waals surface area contributed by atoms with Crippen molar-refractivity contribution >= 4 is 29.0 Å². The summed E-state index contributed by atoms with van der Waals surface area (Å²) >= 11 is 4.67. The van der Waals surface area contributed by atoms with Gasteiger partial charge in [-0.2, -0.15) is 5.10 Å². The van der Waals surface area contributed by atoms with Crippen LogP contribution in [0.25, 0.3) is 0 Å². The zero-order chi connectivity index (χ0) is 13.4. The Morgan fingerprint density at radius 1 is 1.44 bits per heavy atom. The number of hydrogen-bond acceptors (Lipinski definition) is 4. The van der Waals surface area contributed by atoms with Crippen molar-refractivity contribution in [2.75, 3.05) is 6.61 Å². The van der Waals surface area contributed by atoms with Gasteiger partial charge in [0, 0.05) is 0 Å². The smallest absolute Gasteiger partial charge is 0.311 e. The number of hydrazone groups is 1. The molecular formula is C12H15N3O2S. The zero-order valence-electron chi connectivity index (χ0n) is 10.1. The van der Waals surface area contributed by atoms with Crippen molar-refractivity contribution < 1.29 is 9.53 Å². The van der Waals surface area contributed by atoms with Crippen molar-refractivity contribution in [2.24, 2.45) is 10.8 Å². The van der Waals surface area contributed by atoms with E-state index in [-0.39, 0.29) is 17.5 Å². The molecule has 6 heteroatoms. The highest BCUT2D eigenvalue weighted by Crippen LogP contribution is 2.05. The van der Waals surface area contributed by atoms with Crippen LogP contribution in [-0.4, -0.2) is 23.4 Å². The van der Waals surface area contributed by atoms with Gasteiger partial charge in [-0.25, -0.2) is 0 Å². The van der Waals surface area contributed by atoms with Crippen LogP contribution in [-0.2, 0) is 9.53 Å². The average molecular weight is 265 g/mol. The number of benzene rings is 1. The second-order valence-electron chi connectivity index (χ2n) is 3.38. The third-order valence-corrected chi connectivity index (χ3v) is 2.12. The minimum absolute atomic E-state index is 0.0484. The number of ether oxygens (including phenoxy) is 1. The first kappa shape index (κ1) is 14.1. The first-order valence-corrected chi connectivity index (χ1v) is 5.87. The largest absolute Gasteiger partial charge is 0.466 e. The molecule has 0 spiro atoms. The molecule has 0 radical (unpaired) electrons. The topological polar surface area (TPSA) is 76.7 Å². The maximum atomic E-state index is 11.5. The summed E-state index contributed by atoms with van der Waals surface area (Å²) in [6.07, 6.45) is 0.0630. The van der Waals surface area contributed by atoms with Crippen molar-refractivity contribution in [2.45, 2.75) is 13.3 Å². The van der Waals surface area contributed by atoms with E-state index in [9.17, 15) is 4.79 Å². The highest BCUT2D eigenvalue weighted by molar-refractivity contribution is 7.80. The third kappa shape index (κ3) is 4.92. The fourth-order valence-electron chi connectivity index (χ4n) is 1.31. The Morgan fingerprint density at radius 2 is 2.11 bits per heavy atom. The molecule has 0 unspecified atom stereocenters. The Labute approximate surface area is 111 Å². The Kier molecular flexibility index (Phi) is 5.79. The molecule has 0 saturated carbocycles. The lowest BCUT2D eigenvalue weighted by Gasteiger charge is -2.07. The summed E-state index contributed by atoms with van der Waals surface area (Å²) in [5.74, 6) is -0.343. The minimum atomic E-state index is -0.343. The Bertz CT molecular complexity index is 446. The second kappa shape index (κ2) is 7.39. The van der Waals surface area contributed by atoms with Crippen molar-refractivity contribution in [3.8, 4) is 0 Å². The maximum Gasteiger partial charge on any atom is 0.311 e. The molecule has 0 aliphatic rings. The van der Waals surface area contributed by atoms with Gasteiger partial charge >= 0.3 is 5.97 Å². The predicted molar refractivity (Wildman–Crippen MR) is 74.2 cm³/mol. The van der Waals surface area contributed by atoms with Crippen molar-refractivity contribution in [3.05, 3.63) is 35.9 Å². The van der Waals surface area contributed by atoms with E-state index < -0.39 is 0 Å². The number of carbonyl (C=O) groups is 1. The highest BCUT2D eigenvalue weighted by Gasteiger charge is 2.10. The minimum Gasteiger partial charge on any atom is -0.466 e. The molecule has 1 rings (SSSR count). The van der Waals surface area contributed by atoms with Crippen molar-refractivity contribution in [3.63, 3.8) is 0 Å². The molecule has 5 nitrogen and oxygen atoms in total. The molecule has 0 aromatic heterocycles. The first-order chi connectivity index (χ1) is 8.63. The van der Waals surface area contributed by atoms with E-state index in [4.69, 9.17) is 10.5 Å². The van der Waals surface area contributed by atoms with E-state index in [0.717, 1.165) is 5.56 Å². The summed E-state index contributed by atoms with van der Waals surface area (Å²) in [5, 5.41) is 4.06. The van der Waals surface area contributed by atoms with Gasteiger partial charge in [0.25, 0.3) is 0 Å². The molecule has 0 saturated heterocycles. The number of hydrogen-bond donors (Lipinski definition) is 2. The average Bonchev–Trinajstić information content (AvgIpc) is 2.35. The van der Waals surface area contributed by atoms with Crippen LogP contribution in [0.3, 0.4) is 0 Å². The van der Waals surface area contributed by atoms with Gasteiger partial charge in [0.05, 0.1) is 18.7 Å². The predicted octanol–water partition coefficient (Wildman–Crippen LogP) is 1.18. The molecule has 0 aliphatic carbocycles. The first-order valence-electron chi connectivity index (χ1n) is 5.46. The number of esters is 1. The van der Waals surface area contributed by atoms with E-state index in [0.29, 0.717) is 12.3 Å². The lowest BCUT2D eigenvalue weighted by molar-refractivity contribution is -0.141. The second-order valence-corrected chi connectivity index (χ2v) is 3.82. The number of nitrogens with one attached hydrogen (secondary N) is 1. The van der Waals surface area contributed by atoms with Gasteiger partial charge in [0.15, 0.2) is 5.11 Å². The summed E-state index contributed by atoms with van der Waals surface area (Å²) in [6.45, 7) is 2.09. The van der Waals surface area contributed by atoms with Gasteiger partial charge in [-0.1, -0.05) is 30.3 Å². The molecule has 0 heterocycles.